The second-order valence-electron chi connectivity index (χ2n) is 3.63. The SMILES string of the molecule is Cc1ccc(-c2cc3sccc3s2)cc1. The largest absolute Gasteiger partial charge is 0.143 e. The first-order valence-electron chi connectivity index (χ1n) is 4.87. The molecule has 3 rings (SSSR count). The molecule has 0 aliphatic heterocycles. The summed E-state index contributed by atoms with van der Waals surface area (Å²) in [5, 5.41) is 2.15. The van der Waals surface area contributed by atoms with Crippen LogP contribution in [0.15, 0.2) is 41.8 Å². The van der Waals surface area contributed by atoms with E-state index in [9.17, 15) is 0 Å². The molecule has 2 heteroatoms. The molecule has 0 bridgehead atoms. The van der Waals surface area contributed by atoms with Gasteiger partial charge in [0.05, 0.1) is 0 Å². The van der Waals surface area contributed by atoms with Crippen molar-refractivity contribution in [3.8, 4) is 10.4 Å². The third kappa shape index (κ3) is 1.60. The van der Waals surface area contributed by atoms with Gasteiger partial charge in [0.25, 0.3) is 0 Å². The van der Waals surface area contributed by atoms with Crippen LogP contribution >= 0.6 is 22.7 Å². The topological polar surface area (TPSA) is 0 Å². The lowest BCUT2D eigenvalue weighted by atomic mass is 10.1. The first-order chi connectivity index (χ1) is 7.33. The fourth-order valence-electron chi connectivity index (χ4n) is 1.63. The minimum absolute atomic E-state index is 1.32. The third-order valence-electron chi connectivity index (χ3n) is 2.48. The number of benzene rings is 1. The number of hydrogen-bond acceptors (Lipinski definition) is 2. The van der Waals surface area contributed by atoms with E-state index in [1.165, 1.54) is 25.4 Å². The summed E-state index contributed by atoms with van der Waals surface area (Å²) in [4.78, 5) is 1.37. The fraction of sp³-hybridized carbons (Fsp3) is 0.0769. The quantitative estimate of drug-likeness (QED) is 0.555. The van der Waals surface area contributed by atoms with Crippen LogP contribution in [0.5, 0.6) is 0 Å². The molecule has 0 amide bonds. The van der Waals surface area contributed by atoms with Crippen molar-refractivity contribution in [2.75, 3.05) is 0 Å². The highest BCUT2D eigenvalue weighted by Gasteiger charge is 2.04. The Morgan fingerprint density at radius 1 is 0.933 bits per heavy atom. The van der Waals surface area contributed by atoms with E-state index in [4.69, 9.17) is 0 Å². The molecule has 0 saturated heterocycles. The summed E-state index contributed by atoms with van der Waals surface area (Å²) in [5.41, 5.74) is 2.64. The van der Waals surface area contributed by atoms with E-state index in [1.54, 1.807) is 0 Å². The van der Waals surface area contributed by atoms with Gasteiger partial charge >= 0.3 is 0 Å². The normalized spacial score (nSPS) is 11.0. The molecule has 2 heterocycles. The highest BCUT2D eigenvalue weighted by Crippen LogP contribution is 2.36. The van der Waals surface area contributed by atoms with Crippen molar-refractivity contribution in [2.45, 2.75) is 6.92 Å². The van der Waals surface area contributed by atoms with Gasteiger partial charge in [0.15, 0.2) is 0 Å². The van der Waals surface area contributed by atoms with Gasteiger partial charge in [-0.25, -0.2) is 0 Å². The minimum Gasteiger partial charge on any atom is -0.143 e. The molecular weight excluding hydrogens is 220 g/mol. The highest BCUT2D eigenvalue weighted by atomic mass is 32.1. The second kappa shape index (κ2) is 3.47. The van der Waals surface area contributed by atoms with Gasteiger partial charge in [-0.3, -0.25) is 0 Å². The molecule has 0 aliphatic carbocycles. The van der Waals surface area contributed by atoms with Gasteiger partial charge < -0.3 is 0 Å². The fourth-order valence-corrected chi connectivity index (χ4v) is 3.74. The first-order valence-corrected chi connectivity index (χ1v) is 6.56. The number of fused-ring (bicyclic) bond motifs is 1. The van der Waals surface area contributed by atoms with Crippen molar-refractivity contribution in [3.05, 3.63) is 47.3 Å². The van der Waals surface area contributed by atoms with Crippen LogP contribution in [0.3, 0.4) is 0 Å². The summed E-state index contributed by atoms with van der Waals surface area (Å²) in [6, 6.07) is 13.2. The van der Waals surface area contributed by atoms with E-state index in [0.717, 1.165) is 0 Å². The zero-order valence-corrected chi connectivity index (χ0v) is 9.99. The van der Waals surface area contributed by atoms with Crippen LogP contribution in [0.1, 0.15) is 5.56 Å². The Balaban J connectivity index is 2.13. The zero-order chi connectivity index (χ0) is 10.3. The molecule has 0 fully saturated rings. The molecule has 0 atom stereocenters. The Hall–Kier alpha value is -1.12. The van der Waals surface area contributed by atoms with E-state index >= 15 is 0 Å². The highest BCUT2D eigenvalue weighted by molar-refractivity contribution is 7.28. The molecule has 2 aromatic heterocycles. The summed E-state index contributed by atoms with van der Waals surface area (Å²) in [7, 11) is 0. The van der Waals surface area contributed by atoms with Gasteiger partial charge in [-0.2, -0.15) is 0 Å². The number of thiophene rings is 2. The molecule has 3 aromatic rings. The Labute approximate surface area is 96.8 Å². The molecule has 0 N–H and O–H groups in total. The summed E-state index contributed by atoms with van der Waals surface area (Å²) in [5.74, 6) is 0. The van der Waals surface area contributed by atoms with E-state index in [-0.39, 0.29) is 0 Å². The zero-order valence-electron chi connectivity index (χ0n) is 8.36. The van der Waals surface area contributed by atoms with E-state index in [0.29, 0.717) is 0 Å². The molecule has 74 valence electrons. The number of aryl methyl sites for hydroxylation is 1. The van der Waals surface area contributed by atoms with Crippen LogP contribution in [-0.2, 0) is 0 Å². The van der Waals surface area contributed by atoms with E-state index < -0.39 is 0 Å². The van der Waals surface area contributed by atoms with Crippen molar-refractivity contribution >= 4 is 32.1 Å². The maximum Gasteiger partial charge on any atom is 0.0457 e. The lowest BCUT2D eigenvalue weighted by molar-refractivity contribution is 1.48. The van der Waals surface area contributed by atoms with Crippen LogP contribution in [0, 0.1) is 6.92 Å². The molecule has 0 nitrogen and oxygen atoms in total. The Kier molecular flexibility index (Phi) is 2.11. The smallest absolute Gasteiger partial charge is 0.0457 e. The average molecular weight is 230 g/mol. The van der Waals surface area contributed by atoms with Crippen LogP contribution < -0.4 is 0 Å². The van der Waals surface area contributed by atoms with Crippen LogP contribution in [0.25, 0.3) is 19.8 Å². The summed E-state index contributed by atoms with van der Waals surface area (Å²) < 4.78 is 2.80. The van der Waals surface area contributed by atoms with Gasteiger partial charge in [0, 0.05) is 14.3 Å². The van der Waals surface area contributed by atoms with Crippen LogP contribution in [0.4, 0.5) is 0 Å². The minimum atomic E-state index is 1.32. The third-order valence-corrected chi connectivity index (χ3v) is 4.62. The molecular formula is C13H10S2. The Morgan fingerprint density at radius 2 is 1.73 bits per heavy atom. The van der Waals surface area contributed by atoms with Crippen LogP contribution in [0.2, 0.25) is 0 Å². The summed E-state index contributed by atoms with van der Waals surface area (Å²) in [6.07, 6.45) is 0. The number of hydrogen-bond donors (Lipinski definition) is 0. The monoisotopic (exact) mass is 230 g/mol. The molecule has 0 aliphatic rings. The predicted octanol–water partition coefficient (Wildman–Crippen LogP) is 4.94. The predicted molar refractivity (Wildman–Crippen MR) is 69.9 cm³/mol. The van der Waals surface area contributed by atoms with Crippen molar-refractivity contribution in [3.63, 3.8) is 0 Å². The molecule has 0 saturated carbocycles. The van der Waals surface area contributed by atoms with Gasteiger partial charge in [-0.15, -0.1) is 22.7 Å². The van der Waals surface area contributed by atoms with Crippen molar-refractivity contribution in [1.29, 1.82) is 0 Å². The molecule has 0 spiro atoms. The Bertz CT molecular complexity index is 556. The number of rotatable bonds is 1. The van der Waals surface area contributed by atoms with Crippen molar-refractivity contribution in [2.24, 2.45) is 0 Å². The van der Waals surface area contributed by atoms with Gasteiger partial charge in [-0.1, -0.05) is 29.8 Å². The maximum atomic E-state index is 2.29. The average Bonchev–Trinajstić information content (AvgIpc) is 2.78. The van der Waals surface area contributed by atoms with Crippen molar-refractivity contribution < 1.29 is 0 Å². The lowest BCUT2D eigenvalue weighted by Crippen LogP contribution is -1.72. The maximum absolute atomic E-state index is 2.29. The second-order valence-corrected chi connectivity index (χ2v) is 5.66. The molecule has 0 unspecified atom stereocenters. The Morgan fingerprint density at radius 3 is 2.47 bits per heavy atom. The molecule has 15 heavy (non-hydrogen) atoms. The van der Waals surface area contributed by atoms with E-state index in [1.807, 2.05) is 22.7 Å². The molecule has 0 radical (unpaired) electrons. The van der Waals surface area contributed by atoms with Gasteiger partial charge in [-0.05, 0) is 30.0 Å². The standard InChI is InChI=1S/C13H10S2/c1-9-2-4-10(5-3-9)12-8-13-11(15-12)6-7-14-13/h2-8H,1H3. The first kappa shape index (κ1) is 9.13. The molecule has 1 aromatic carbocycles. The van der Waals surface area contributed by atoms with Crippen LogP contribution in [-0.4, -0.2) is 0 Å². The van der Waals surface area contributed by atoms with E-state index in [2.05, 4.69) is 48.7 Å². The summed E-state index contributed by atoms with van der Waals surface area (Å²) in [6.45, 7) is 2.12. The summed E-state index contributed by atoms with van der Waals surface area (Å²) >= 11 is 3.69. The van der Waals surface area contributed by atoms with Gasteiger partial charge in [0.2, 0.25) is 0 Å². The van der Waals surface area contributed by atoms with Gasteiger partial charge in [0.1, 0.15) is 0 Å². The lowest BCUT2D eigenvalue weighted by Gasteiger charge is -1.96. The van der Waals surface area contributed by atoms with Crippen molar-refractivity contribution in [1.82, 2.24) is 0 Å².